The summed E-state index contributed by atoms with van der Waals surface area (Å²) in [6.45, 7) is 9.26. The number of ether oxygens (including phenoxy) is 1. The van der Waals surface area contributed by atoms with Crippen LogP contribution >= 0.6 is 0 Å². The highest BCUT2D eigenvalue weighted by Gasteiger charge is 2.43. The Hall–Kier alpha value is -5.28. The van der Waals surface area contributed by atoms with Crippen molar-refractivity contribution in [1.29, 1.82) is 0 Å². The van der Waals surface area contributed by atoms with Gasteiger partial charge in [0.15, 0.2) is 11.4 Å². The smallest absolute Gasteiger partial charge is 0.209 e. The molecule has 3 heteroatoms. The van der Waals surface area contributed by atoms with Crippen molar-refractivity contribution in [2.75, 3.05) is 14.1 Å². The number of hydrogen-bond donors (Lipinski definition) is 0. The molecular formula is C44H42N2O+2. The van der Waals surface area contributed by atoms with Crippen molar-refractivity contribution in [2.24, 2.45) is 0 Å². The Balaban J connectivity index is 1.41. The zero-order valence-corrected chi connectivity index (χ0v) is 28.2. The third kappa shape index (κ3) is 5.36. The van der Waals surface area contributed by atoms with Gasteiger partial charge in [-0.2, -0.15) is 9.15 Å². The van der Waals surface area contributed by atoms with Gasteiger partial charge < -0.3 is 4.74 Å². The third-order valence-corrected chi connectivity index (χ3v) is 9.97. The molecule has 4 aromatic rings. The molecule has 0 unspecified atom stereocenters. The van der Waals surface area contributed by atoms with Crippen LogP contribution in [-0.2, 0) is 15.6 Å². The maximum absolute atomic E-state index is 6.59. The summed E-state index contributed by atoms with van der Waals surface area (Å²) in [6.07, 6.45) is 13.5. The van der Waals surface area contributed by atoms with E-state index in [1.807, 2.05) is 12.1 Å². The molecule has 0 N–H and O–H groups in total. The zero-order valence-electron chi connectivity index (χ0n) is 28.2. The van der Waals surface area contributed by atoms with E-state index >= 15 is 0 Å². The Morgan fingerprint density at radius 2 is 0.915 bits per heavy atom. The highest BCUT2D eigenvalue weighted by atomic mass is 16.5. The molecule has 3 aliphatic heterocycles. The predicted octanol–water partition coefficient (Wildman–Crippen LogP) is 9.92. The van der Waals surface area contributed by atoms with E-state index in [0.717, 1.165) is 33.8 Å². The standard InChI is InChI=1S/C44H42N2O/c1-43(2)35-21-13-15-23-37(35)45(5)41(43)27-25-31(26-28-42-44(3,4)36-22-14-16-24-38(36)46(42)6)34-29-39(32-17-9-7-10-18-32)47-40(30-34)33-19-11-8-12-20-33/h7-30H,1-6H3/q+2/b27-25+,28-26+. The Morgan fingerprint density at radius 1 is 0.532 bits per heavy atom. The molecule has 3 heterocycles. The molecule has 3 aliphatic rings. The quantitative estimate of drug-likeness (QED) is 0.197. The summed E-state index contributed by atoms with van der Waals surface area (Å²) in [7, 11) is 4.35. The van der Waals surface area contributed by atoms with Gasteiger partial charge in [0.2, 0.25) is 11.4 Å². The summed E-state index contributed by atoms with van der Waals surface area (Å²) in [5.74, 6) is 1.66. The molecule has 0 fully saturated rings. The largest absolute Gasteiger partial charge is 0.456 e. The average Bonchev–Trinajstić information content (AvgIpc) is 3.42. The van der Waals surface area contributed by atoms with Crippen molar-refractivity contribution in [3.63, 3.8) is 0 Å². The van der Waals surface area contributed by atoms with E-state index in [9.17, 15) is 0 Å². The Labute approximate surface area is 279 Å². The molecule has 3 nitrogen and oxygen atoms in total. The predicted molar refractivity (Wildman–Crippen MR) is 196 cm³/mol. The summed E-state index contributed by atoms with van der Waals surface area (Å²) < 4.78 is 11.3. The fraction of sp³-hybridized carbons (Fsp3) is 0.182. The molecule has 0 saturated carbocycles. The van der Waals surface area contributed by atoms with Gasteiger partial charge in [-0.1, -0.05) is 97.1 Å². The van der Waals surface area contributed by atoms with Gasteiger partial charge >= 0.3 is 0 Å². The lowest BCUT2D eigenvalue weighted by Gasteiger charge is -2.20. The highest BCUT2D eigenvalue weighted by molar-refractivity contribution is 6.04. The molecule has 0 bridgehead atoms. The maximum atomic E-state index is 6.59. The Morgan fingerprint density at radius 3 is 1.32 bits per heavy atom. The van der Waals surface area contributed by atoms with Crippen LogP contribution < -0.4 is 0 Å². The third-order valence-electron chi connectivity index (χ3n) is 9.97. The summed E-state index contributed by atoms with van der Waals surface area (Å²) in [4.78, 5) is 0. The molecule has 0 spiro atoms. The molecule has 0 aromatic heterocycles. The van der Waals surface area contributed by atoms with E-state index in [1.165, 1.54) is 33.9 Å². The van der Waals surface area contributed by atoms with Gasteiger partial charge in [-0.05, 0) is 63.1 Å². The number of para-hydroxylation sites is 2. The van der Waals surface area contributed by atoms with Crippen molar-refractivity contribution in [2.45, 2.75) is 38.5 Å². The second-order valence-corrected chi connectivity index (χ2v) is 13.6. The molecule has 0 radical (unpaired) electrons. The van der Waals surface area contributed by atoms with Crippen molar-refractivity contribution in [1.82, 2.24) is 0 Å². The number of rotatable bonds is 6. The normalized spacial score (nSPS) is 18.0. The minimum atomic E-state index is -0.128. The van der Waals surface area contributed by atoms with Gasteiger partial charge in [0.25, 0.3) is 0 Å². The van der Waals surface area contributed by atoms with Crippen LogP contribution in [-0.4, -0.2) is 34.7 Å². The molecule has 0 saturated heterocycles. The monoisotopic (exact) mass is 614 g/mol. The molecular weight excluding hydrogens is 572 g/mol. The van der Waals surface area contributed by atoms with Crippen LogP contribution in [0.3, 0.4) is 0 Å². The van der Waals surface area contributed by atoms with Gasteiger partial charge in [-0.25, -0.2) is 0 Å². The van der Waals surface area contributed by atoms with Crippen LogP contribution in [0.5, 0.6) is 0 Å². The summed E-state index contributed by atoms with van der Waals surface area (Å²) in [5.41, 5.74) is 11.8. The Bertz CT molecular complexity index is 1950. The molecule has 0 amide bonds. The molecule has 0 atom stereocenters. The van der Waals surface area contributed by atoms with Crippen molar-refractivity contribution in [3.8, 4) is 0 Å². The summed E-state index contributed by atoms with van der Waals surface area (Å²) >= 11 is 0. The van der Waals surface area contributed by atoms with Crippen LogP contribution in [0.4, 0.5) is 11.4 Å². The van der Waals surface area contributed by atoms with Gasteiger partial charge in [-0.3, -0.25) is 0 Å². The lowest BCUT2D eigenvalue weighted by Crippen LogP contribution is -2.27. The fourth-order valence-corrected chi connectivity index (χ4v) is 7.35. The first kappa shape index (κ1) is 30.4. The van der Waals surface area contributed by atoms with E-state index in [-0.39, 0.29) is 10.8 Å². The van der Waals surface area contributed by atoms with Crippen LogP contribution in [0.25, 0.3) is 11.5 Å². The minimum absolute atomic E-state index is 0.128. The van der Waals surface area contributed by atoms with E-state index < -0.39 is 0 Å². The van der Waals surface area contributed by atoms with Gasteiger partial charge in [-0.15, -0.1) is 0 Å². The average molecular weight is 615 g/mol. The fourth-order valence-electron chi connectivity index (χ4n) is 7.35. The van der Waals surface area contributed by atoms with Crippen LogP contribution in [0, 0.1) is 0 Å². The first-order chi connectivity index (χ1) is 22.7. The van der Waals surface area contributed by atoms with Gasteiger partial charge in [0.1, 0.15) is 25.6 Å². The van der Waals surface area contributed by atoms with Crippen LogP contribution in [0.1, 0.15) is 49.9 Å². The zero-order chi connectivity index (χ0) is 32.8. The van der Waals surface area contributed by atoms with E-state index in [2.05, 4.69) is 184 Å². The number of benzene rings is 4. The highest BCUT2D eigenvalue weighted by Crippen LogP contribution is 2.41. The lowest BCUT2D eigenvalue weighted by atomic mass is 9.81. The number of hydrogen-bond acceptors (Lipinski definition) is 1. The second kappa shape index (κ2) is 11.8. The van der Waals surface area contributed by atoms with E-state index in [4.69, 9.17) is 4.74 Å². The molecule has 7 rings (SSSR count). The number of fused-ring (bicyclic) bond motifs is 2. The second-order valence-electron chi connectivity index (χ2n) is 13.6. The molecule has 47 heavy (non-hydrogen) atoms. The SMILES string of the molecule is C[N+]1=C(/C=C/C(/C=C/C2=[N+](C)c3ccccc3C2(C)C)=C2C=C(c3ccccc3)OC(c3ccccc3)=C2)C(C)(C)c2ccccc21. The first-order valence-electron chi connectivity index (χ1n) is 16.4. The van der Waals surface area contributed by atoms with E-state index in [1.54, 1.807) is 0 Å². The lowest BCUT2D eigenvalue weighted by molar-refractivity contribution is -0.401. The van der Waals surface area contributed by atoms with E-state index in [0.29, 0.717) is 0 Å². The molecule has 232 valence electrons. The summed E-state index contributed by atoms with van der Waals surface area (Å²) in [5, 5.41) is 0. The van der Waals surface area contributed by atoms with Gasteiger partial charge in [0.05, 0.1) is 10.8 Å². The van der Waals surface area contributed by atoms with Crippen molar-refractivity contribution in [3.05, 3.63) is 179 Å². The summed E-state index contributed by atoms with van der Waals surface area (Å²) in [6, 6.07) is 38.2. The van der Waals surface area contributed by atoms with Crippen molar-refractivity contribution < 1.29 is 13.9 Å². The maximum Gasteiger partial charge on any atom is 0.209 e. The topological polar surface area (TPSA) is 15.2 Å². The first-order valence-corrected chi connectivity index (χ1v) is 16.4. The van der Waals surface area contributed by atoms with Crippen molar-refractivity contribution >= 4 is 34.3 Å². The van der Waals surface area contributed by atoms with Crippen LogP contribution in [0.15, 0.2) is 157 Å². The molecule has 4 aromatic carbocycles. The number of nitrogens with zero attached hydrogens (tertiary/aromatic N) is 2. The van der Waals surface area contributed by atoms with Crippen LogP contribution in [0.2, 0.25) is 0 Å². The number of allylic oxidation sites excluding steroid dienone is 8. The minimum Gasteiger partial charge on any atom is -0.456 e. The van der Waals surface area contributed by atoms with Gasteiger partial charge in [0, 0.05) is 46.5 Å². The Kier molecular flexibility index (Phi) is 7.64. The molecule has 0 aliphatic carbocycles.